The van der Waals surface area contributed by atoms with E-state index in [1.165, 1.54) is 0 Å². The van der Waals surface area contributed by atoms with Crippen LogP contribution in [0.2, 0.25) is 0 Å². The molecular weight excluding hydrogens is 224 g/mol. The van der Waals surface area contributed by atoms with E-state index in [0.29, 0.717) is 6.42 Å². The van der Waals surface area contributed by atoms with Crippen molar-refractivity contribution in [2.75, 3.05) is 13.1 Å². The Kier molecular flexibility index (Phi) is 6.88. The molecule has 0 aromatic rings. The standard InChI is InChI=1S/C10H20N4O3/c1-2-3-7(11)4-10(17)14(5-8(12)15)6-9(13)16/h7H,2-6,11H2,1H3,(H2,12,15)(H2,13,16). The lowest BCUT2D eigenvalue weighted by Gasteiger charge is -2.21. The predicted octanol–water partition coefficient (Wildman–Crippen LogP) is -1.70. The van der Waals surface area contributed by atoms with E-state index in [4.69, 9.17) is 17.2 Å². The molecule has 0 fully saturated rings. The van der Waals surface area contributed by atoms with Crippen molar-refractivity contribution in [3.8, 4) is 0 Å². The lowest BCUT2D eigenvalue weighted by atomic mass is 10.1. The summed E-state index contributed by atoms with van der Waals surface area (Å²) in [6, 6.07) is -0.282. The van der Waals surface area contributed by atoms with Gasteiger partial charge in [0.05, 0.1) is 13.1 Å². The zero-order valence-corrected chi connectivity index (χ0v) is 10.0. The third-order valence-electron chi connectivity index (χ3n) is 2.14. The highest BCUT2D eigenvalue weighted by Crippen LogP contribution is 2.02. The number of nitrogens with two attached hydrogens (primary N) is 3. The molecule has 0 saturated heterocycles. The molecule has 1 unspecified atom stereocenters. The monoisotopic (exact) mass is 244 g/mol. The van der Waals surface area contributed by atoms with E-state index in [2.05, 4.69) is 0 Å². The Labute approximate surface area is 100 Å². The molecule has 3 amide bonds. The Morgan fingerprint density at radius 2 is 1.59 bits per heavy atom. The second-order valence-electron chi connectivity index (χ2n) is 3.94. The average molecular weight is 244 g/mol. The summed E-state index contributed by atoms with van der Waals surface area (Å²) in [6.45, 7) is 1.32. The SMILES string of the molecule is CCCC(N)CC(=O)N(CC(N)=O)CC(N)=O. The molecule has 0 heterocycles. The van der Waals surface area contributed by atoms with E-state index < -0.39 is 11.8 Å². The molecule has 7 nitrogen and oxygen atoms in total. The number of amides is 3. The first-order valence-corrected chi connectivity index (χ1v) is 5.46. The van der Waals surface area contributed by atoms with Crippen molar-refractivity contribution in [1.29, 1.82) is 0 Å². The van der Waals surface area contributed by atoms with Gasteiger partial charge in [0.1, 0.15) is 0 Å². The Morgan fingerprint density at radius 3 is 1.94 bits per heavy atom. The van der Waals surface area contributed by atoms with E-state index in [-0.39, 0.29) is 31.5 Å². The molecule has 0 aliphatic carbocycles. The van der Waals surface area contributed by atoms with Crippen LogP contribution >= 0.6 is 0 Å². The molecule has 0 saturated carbocycles. The van der Waals surface area contributed by atoms with Crippen molar-refractivity contribution < 1.29 is 14.4 Å². The van der Waals surface area contributed by atoms with E-state index in [0.717, 1.165) is 11.3 Å². The first-order chi connectivity index (χ1) is 7.86. The highest BCUT2D eigenvalue weighted by atomic mass is 16.2. The Hall–Kier alpha value is -1.63. The minimum absolute atomic E-state index is 0.0778. The first-order valence-electron chi connectivity index (χ1n) is 5.46. The third kappa shape index (κ3) is 7.29. The van der Waals surface area contributed by atoms with E-state index in [1.54, 1.807) is 0 Å². The van der Waals surface area contributed by atoms with Crippen LogP contribution in [-0.4, -0.2) is 41.8 Å². The quantitative estimate of drug-likeness (QED) is 0.469. The highest BCUT2D eigenvalue weighted by molar-refractivity contribution is 5.88. The van der Waals surface area contributed by atoms with Crippen molar-refractivity contribution >= 4 is 17.7 Å². The van der Waals surface area contributed by atoms with Crippen LogP contribution in [0.5, 0.6) is 0 Å². The molecule has 0 radical (unpaired) electrons. The summed E-state index contributed by atoms with van der Waals surface area (Å²) >= 11 is 0. The Morgan fingerprint density at radius 1 is 1.12 bits per heavy atom. The van der Waals surface area contributed by atoms with Crippen LogP contribution in [0.3, 0.4) is 0 Å². The van der Waals surface area contributed by atoms with Crippen LogP contribution in [0.1, 0.15) is 26.2 Å². The minimum Gasteiger partial charge on any atom is -0.368 e. The van der Waals surface area contributed by atoms with E-state index in [1.807, 2.05) is 6.92 Å². The van der Waals surface area contributed by atoms with E-state index >= 15 is 0 Å². The van der Waals surface area contributed by atoms with Gasteiger partial charge < -0.3 is 22.1 Å². The summed E-state index contributed by atoms with van der Waals surface area (Å²) in [5, 5.41) is 0. The molecular formula is C10H20N4O3. The van der Waals surface area contributed by atoms with Crippen LogP contribution in [0.4, 0.5) is 0 Å². The number of carbonyl (C=O) groups excluding carboxylic acids is 3. The number of primary amides is 2. The van der Waals surface area contributed by atoms with Crippen LogP contribution in [0.15, 0.2) is 0 Å². The lowest BCUT2D eigenvalue weighted by Crippen LogP contribution is -2.45. The van der Waals surface area contributed by atoms with Gasteiger partial charge in [-0.25, -0.2) is 0 Å². The first kappa shape index (κ1) is 15.4. The van der Waals surface area contributed by atoms with Crippen molar-refractivity contribution in [3.05, 3.63) is 0 Å². The summed E-state index contributed by atoms with van der Waals surface area (Å²) in [5.41, 5.74) is 15.7. The van der Waals surface area contributed by atoms with Gasteiger partial charge in [0, 0.05) is 12.5 Å². The van der Waals surface area contributed by atoms with E-state index in [9.17, 15) is 14.4 Å². The molecule has 0 aromatic carbocycles. The summed E-state index contributed by atoms with van der Waals surface area (Å²) in [6.07, 6.45) is 1.64. The second-order valence-corrected chi connectivity index (χ2v) is 3.94. The Bertz CT molecular complexity index is 277. The predicted molar refractivity (Wildman–Crippen MR) is 62.5 cm³/mol. The number of rotatable bonds is 8. The van der Waals surface area contributed by atoms with Crippen molar-refractivity contribution in [2.24, 2.45) is 17.2 Å². The zero-order valence-electron chi connectivity index (χ0n) is 10.0. The maximum Gasteiger partial charge on any atom is 0.237 e. The minimum atomic E-state index is -0.691. The van der Waals surface area contributed by atoms with Gasteiger partial charge in [0.2, 0.25) is 17.7 Å². The molecule has 0 bridgehead atoms. The van der Waals surface area contributed by atoms with Gasteiger partial charge in [-0.2, -0.15) is 0 Å². The normalized spacial score (nSPS) is 11.9. The molecule has 7 heteroatoms. The van der Waals surface area contributed by atoms with Gasteiger partial charge in [0.25, 0.3) is 0 Å². The maximum atomic E-state index is 11.7. The number of carbonyl (C=O) groups is 3. The fourth-order valence-electron chi connectivity index (χ4n) is 1.43. The van der Waals surface area contributed by atoms with Crippen molar-refractivity contribution in [2.45, 2.75) is 32.2 Å². The molecule has 6 N–H and O–H groups in total. The zero-order chi connectivity index (χ0) is 13.4. The number of hydrogen-bond donors (Lipinski definition) is 3. The topological polar surface area (TPSA) is 133 Å². The molecule has 0 aliphatic heterocycles. The summed E-state index contributed by atoms with van der Waals surface area (Å²) < 4.78 is 0. The second kappa shape index (κ2) is 7.61. The van der Waals surface area contributed by atoms with Crippen LogP contribution < -0.4 is 17.2 Å². The van der Waals surface area contributed by atoms with Gasteiger partial charge >= 0.3 is 0 Å². The largest absolute Gasteiger partial charge is 0.368 e. The summed E-state index contributed by atoms with van der Waals surface area (Å²) in [7, 11) is 0. The fourth-order valence-corrected chi connectivity index (χ4v) is 1.43. The highest BCUT2D eigenvalue weighted by Gasteiger charge is 2.19. The number of hydrogen-bond acceptors (Lipinski definition) is 4. The van der Waals surface area contributed by atoms with Gasteiger partial charge in [0.15, 0.2) is 0 Å². The number of nitrogens with zero attached hydrogens (tertiary/aromatic N) is 1. The third-order valence-corrected chi connectivity index (χ3v) is 2.14. The average Bonchev–Trinajstić information content (AvgIpc) is 2.15. The molecule has 1 atom stereocenters. The fraction of sp³-hybridized carbons (Fsp3) is 0.700. The van der Waals surface area contributed by atoms with Crippen molar-refractivity contribution in [3.63, 3.8) is 0 Å². The van der Waals surface area contributed by atoms with Gasteiger partial charge in [-0.3, -0.25) is 14.4 Å². The molecule has 98 valence electrons. The maximum absolute atomic E-state index is 11.7. The summed E-state index contributed by atoms with van der Waals surface area (Å²) in [4.78, 5) is 34.3. The van der Waals surface area contributed by atoms with Gasteiger partial charge in [-0.05, 0) is 6.42 Å². The molecule has 17 heavy (non-hydrogen) atoms. The van der Waals surface area contributed by atoms with Crippen LogP contribution in [0, 0.1) is 0 Å². The van der Waals surface area contributed by atoms with Crippen LogP contribution in [0.25, 0.3) is 0 Å². The molecule has 0 aliphatic rings. The molecule has 0 spiro atoms. The molecule has 0 aromatic heterocycles. The lowest BCUT2D eigenvalue weighted by molar-refractivity contribution is -0.138. The van der Waals surface area contributed by atoms with Gasteiger partial charge in [-0.15, -0.1) is 0 Å². The smallest absolute Gasteiger partial charge is 0.237 e. The van der Waals surface area contributed by atoms with Crippen molar-refractivity contribution in [1.82, 2.24) is 4.90 Å². The van der Waals surface area contributed by atoms with Crippen LogP contribution in [-0.2, 0) is 14.4 Å². The summed E-state index contributed by atoms with van der Waals surface area (Å²) in [5.74, 6) is -1.77. The Balaban J connectivity index is 4.40. The van der Waals surface area contributed by atoms with Gasteiger partial charge in [-0.1, -0.05) is 13.3 Å². The molecule has 0 rings (SSSR count).